The molecule has 1 aromatic carbocycles. The van der Waals surface area contributed by atoms with Crippen molar-refractivity contribution in [1.29, 1.82) is 0 Å². The molecular weight excluding hydrogens is 381 g/mol. The van der Waals surface area contributed by atoms with Crippen molar-refractivity contribution < 1.29 is 4.74 Å². The molecule has 1 N–H and O–H groups in total. The molecule has 20 heavy (non-hydrogen) atoms. The van der Waals surface area contributed by atoms with Crippen LogP contribution in [-0.2, 0) is 6.42 Å². The summed E-state index contributed by atoms with van der Waals surface area (Å²) in [6.07, 6.45) is 3.68. The molecular formula is C16H18INOS. The Morgan fingerprint density at radius 2 is 2.20 bits per heavy atom. The van der Waals surface area contributed by atoms with Crippen LogP contribution in [0.5, 0.6) is 5.75 Å². The molecule has 0 fully saturated rings. The maximum atomic E-state index is 5.47. The molecule has 1 aliphatic carbocycles. The third-order valence-electron chi connectivity index (χ3n) is 3.77. The molecule has 0 spiro atoms. The van der Waals surface area contributed by atoms with Crippen molar-refractivity contribution in [2.24, 2.45) is 0 Å². The first-order chi connectivity index (χ1) is 9.67. The van der Waals surface area contributed by atoms with Gasteiger partial charge in [-0.25, -0.2) is 0 Å². The van der Waals surface area contributed by atoms with E-state index >= 15 is 0 Å². The fourth-order valence-electron chi connectivity index (χ4n) is 2.79. The Hall–Kier alpha value is -0.750. The normalized spacial score (nSPS) is 17.6. The summed E-state index contributed by atoms with van der Waals surface area (Å²) in [4.78, 5) is 1.55. The summed E-state index contributed by atoms with van der Waals surface area (Å²) >= 11 is 4.36. The quantitative estimate of drug-likeness (QED) is 0.720. The van der Waals surface area contributed by atoms with E-state index in [-0.39, 0.29) is 0 Å². The molecule has 0 radical (unpaired) electrons. The van der Waals surface area contributed by atoms with Gasteiger partial charge in [0, 0.05) is 4.88 Å². The van der Waals surface area contributed by atoms with Crippen molar-refractivity contribution in [3.8, 4) is 5.75 Å². The Balaban J connectivity index is 1.90. The number of ether oxygens (including phenoxy) is 1. The van der Waals surface area contributed by atoms with Crippen LogP contribution < -0.4 is 10.1 Å². The van der Waals surface area contributed by atoms with Crippen LogP contribution in [0.4, 0.5) is 5.69 Å². The van der Waals surface area contributed by atoms with E-state index in [9.17, 15) is 0 Å². The van der Waals surface area contributed by atoms with E-state index < -0.39 is 0 Å². The lowest BCUT2D eigenvalue weighted by atomic mass is 9.93. The van der Waals surface area contributed by atoms with Gasteiger partial charge in [-0.1, -0.05) is 6.07 Å². The Bertz CT molecular complexity index is 623. The van der Waals surface area contributed by atoms with E-state index in [1.54, 1.807) is 12.0 Å². The van der Waals surface area contributed by atoms with Crippen molar-refractivity contribution in [2.45, 2.75) is 32.2 Å². The smallest absolute Gasteiger partial charge is 0.141 e. The standard InChI is InChI=1S/C16H18INOS/c1-10-6-7-14(19-2)13(8-10)18-12-4-3-5-15-11(12)9-16(17)20-15/h6-9,12,18H,3-5H2,1-2H3. The van der Waals surface area contributed by atoms with Crippen LogP contribution in [0.3, 0.4) is 0 Å². The number of nitrogens with one attached hydrogen (secondary N) is 1. The molecule has 4 heteroatoms. The van der Waals surface area contributed by atoms with Crippen molar-refractivity contribution in [3.05, 3.63) is 43.2 Å². The molecule has 0 amide bonds. The molecule has 1 aromatic heterocycles. The lowest BCUT2D eigenvalue weighted by Crippen LogP contribution is -2.16. The second-order valence-electron chi connectivity index (χ2n) is 5.22. The number of benzene rings is 1. The van der Waals surface area contributed by atoms with Gasteiger partial charge in [0.1, 0.15) is 5.75 Å². The van der Waals surface area contributed by atoms with E-state index in [4.69, 9.17) is 4.74 Å². The fraction of sp³-hybridized carbons (Fsp3) is 0.375. The van der Waals surface area contributed by atoms with Gasteiger partial charge in [0.15, 0.2) is 0 Å². The highest BCUT2D eigenvalue weighted by Gasteiger charge is 2.23. The van der Waals surface area contributed by atoms with Gasteiger partial charge in [-0.05, 0) is 78.1 Å². The molecule has 2 nitrogen and oxygen atoms in total. The maximum Gasteiger partial charge on any atom is 0.141 e. The van der Waals surface area contributed by atoms with Crippen molar-refractivity contribution in [2.75, 3.05) is 12.4 Å². The lowest BCUT2D eigenvalue weighted by Gasteiger charge is -2.25. The van der Waals surface area contributed by atoms with Gasteiger partial charge >= 0.3 is 0 Å². The zero-order valence-corrected chi connectivity index (χ0v) is 14.7. The molecule has 2 aromatic rings. The highest BCUT2D eigenvalue weighted by Crippen LogP contribution is 2.39. The first kappa shape index (κ1) is 14.2. The summed E-state index contributed by atoms with van der Waals surface area (Å²) in [7, 11) is 1.73. The number of rotatable bonds is 3. The van der Waals surface area contributed by atoms with Crippen LogP contribution in [0, 0.1) is 9.81 Å². The number of hydrogen-bond acceptors (Lipinski definition) is 3. The predicted molar refractivity (Wildman–Crippen MR) is 94.1 cm³/mol. The molecule has 3 rings (SSSR count). The third kappa shape index (κ3) is 2.81. The highest BCUT2D eigenvalue weighted by molar-refractivity contribution is 14.1. The third-order valence-corrected chi connectivity index (χ3v) is 5.74. The van der Waals surface area contributed by atoms with Crippen LogP contribution in [0.2, 0.25) is 0 Å². The number of fused-ring (bicyclic) bond motifs is 1. The average Bonchev–Trinajstić information content (AvgIpc) is 2.80. The van der Waals surface area contributed by atoms with Crippen LogP contribution in [0.1, 0.15) is 34.9 Å². The van der Waals surface area contributed by atoms with E-state index in [2.05, 4.69) is 53.0 Å². The van der Waals surface area contributed by atoms with Gasteiger partial charge < -0.3 is 10.1 Å². The van der Waals surface area contributed by atoms with E-state index in [1.807, 2.05) is 17.4 Å². The SMILES string of the molecule is COc1ccc(C)cc1NC1CCCc2sc(I)cc21. The summed E-state index contributed by atoms with van der Waals surface area (Å²) in [6.45, 7) is 2.12. The van der Waals surface area contributed by atoms with E-state index in [0.717, 1.165) is 11.4 Å². The Labute approximate surface area is 137 Å². The topological polar surface area (TPSA) is 21.3 Å². The Kier molecular flexibility index (Phi) is 4.21. The van der Waals surface area contributed by atoms with Gasteiger partial charge in [-0.3, -0.25) is 0 Å². The van der Waals surface area contributed by atoms with Gasteiger partial charge in [-0.15, -0.1) is 11.3 Å². The largest absolute Gasteiger partial charge is 0.495 e. The van der Waals surface area contributed by atoms with Crippen molar-refractivity contribution >= 4 is 39.6 Å². The second kappa shape index (κ2) is 5.93. The Morgan fingerprint density at radius 1 is 1.35 bits per heavy atom. The zero-order valence-electron chi connectivity index (χ0n) is 11.7. The van der Waals surface area contributed by atoms with Gasteiger partial charge in [0.05, 0.1) is 21.7 Å². The number of hydrogen-bond donors (Lipinski definition) is 1. The molecule has 0 saturated carbocycles. The van der Waals surface area contributed by atoms with E-state index in [0.29, 0.717) is 6.04 Å². The van der Waals surface area contributed by atoms with Gasteiger partial charge in [0.25, 0.3) is 0 Å². The van der Waals surface area contributed by atoms with Crippen LogP contribution in [0.25, 0.3) is 0 Å². The minimum absolute atomic E-state index is 0.411. The highest BCUT2D eigenvalue weighted by atomic mass is 127. The summed E-state index contributed by atoms with van der Waals surface area (Å²) in [5.74, 6) is 0.924. The molecule has 0 aliphatic heterocycles. The first-order valence-electron chi connectivity index (χ1n) is 6.86. The van der Waals surface area contributed by atoms with Gasteiger partial charge in [0.2, 0.25) is 0 Å². The predicted octanol–water partition coefficient (Wildman–Crippen LogP) is 5.16. The average molecular weight is 399 g/mol. The summed E-state index contributed by atoms with van der Waals surface area (Å²) < 4.78 is 6.86. The van der Waals surface area contributed by atoms with Crippen LogP contribution in [-0.4, -0.2) is 7.11 Å². The van der Waals surface area contributed by atoms with E-state index in [1.165, 1.54) is 33.3 Å². The summed E-state index contributed by atoms with van der Waals surface area (Å²) in [6, 6.07) is 9.04. The summed E-state index contributed by atoms with van der Waals surface area (Å²) in [5, 5.41) is 3.69. The molecule has 0 bridgehead atoms. The molecule has 1 atom stereocenters. The second-order valence-corrected chi connectivity index (χ2v) is 8.25. The maximum absolute atomic E-state index is 5.47. The van der Waals surface area contributed by atoms with Gasteiger partial charge in [-0.2, -0.15) is 0 Å². The van der Waals surface area contributed by atoms with Crippen LogP contribution in [0.15, 0.2) is 24.3 Å². The number of thiophene rings is 1. The Morgan fingerprint density at radius 3 is 3.00 bits per heavy atom. The minimum Gasteiger partial charge on any atom is -0.495 e. The minimum atomic E-state index is 0.411. The van der Waals surface area contributed by atoms with Crippen molar-refractivity contribution in [1.82, 2.24) is 0 Å². The first-order valence-corrected chi connectivity index (χ1v) is 8.76. The lowest BCUT2D eigenvalue weighted by molar-refractivity contribution is 0.415. The number of halogens is 1. The van der Waals surface area contributed by atoms with Crippen molar-refractivity contribution in [3.63, 3.8) is 0 Å². The number of aryl methyl sites for hydroxylation is 2. The monoisotopic (exact) mass is 399 g/mol. The zero-order chi connectivity index (χ0) is 14.1. The summed E-state index contributed by atoms with van der Waals surface area (Å²) in [5.41, 5.74) is 3.84. The molecule has 106 valence electrons. The molecule has 1 aliphatic rings. The number of methoxy groups -OCH3 is 1. The van der Waals surface area contributed by atoms with Crippen LogP contribution >= 0.6 is 33.9 Å². The molecule has 0 saturated heterocycles. The molecule has 1 heterocycles. The molecule has 1 unspecified atom stereocenters. The fourth-order valence-corrected chi connectivity index (χ4v) is 4.91. The number of anilines is 1.